The van der Waals surface area contributed by atoms with Crippen molar-refractivity contribution in [3.05, 3.63) is 20.8 Å². The number of aryl methyl sites for hydroxylation is 2. The maximum Gasteiger partial charge on any atom is 0.262 e. The largest absolute Gasteiger partial charge is 0.352 e. The number of hydrogen-bond donors (Lipinski definition) is 1. The first-order valence-electron chi connectivity index (χ1n) is 9.98. The summed E-state index contributed by atoms with van der Waals surface area (Å²) in [5, 5.41) is 4.62. The summed E-state index contributed by atoms with van der Waals surface area (Å²) in [6.45, 7) is 2.22. The van der Waals surface area contributed by atoms with Crippen LogP contribution >= 0.6 is 23.1 Å². The molecule has 27 heavy (non-hydrogen) atoms. The Labute approximate surface area is 167 Å². The minimum atomic E-state index is 0.0308. The average Bonchev–Trinajstić information content (AvgIpc) is 3.04. The number of carbonyl (C=O) groups is 1. The zero-order chi connectivity index (χ0) is 19.0. The molecule has 1 amide bonds. The fourth-order valence-electron chi connectivity index (χ4n) is 4.31. The number of hydrogen-bond acceptors (Lipinski definition) is 5. The van der Waals surface area contributed by atoms with Gasteiger partial charge in [-0.1, -0.05) is 31.5 Å². The van der Waals surface area contributed by atoms with Crippen molar-refractivity contribution in [1.82, 2.24) is 14.9 Å². The van der Waals surface area contributed by atoms with Gasteiger partial charge in [0.1, 0.15) is 4.83 Å². The lowest BCUT2D eigenvalue weighted by Crippen LogP contribution is -2.41. The molecule has 0 saturated heterocycles. The van der Waals surface area contributed by atoms with Crippen LogP contribution in [-0.4, -0.2) is 27.3 Å². The van der Waals surface area contributed by atoms with Gasteiger partial charge in [-0.15, -0.1) is 11.3 Å². The molecule has 0 spiro atoms. The van der Waals surface area contributed by atoms with Crippen LogP contribution < -0.4 is 10.9 Å². The molecule has 2 aliphatic carbocycles. The third-order valence-corrected chi connectivity index (χ3v) is 8.16. The van der Waals surface area contributed by atoms with E-state index in [0.29, 0.717) is 16.8 Å². The number of thioether (sulfide) groups is 1. The van der Waals surface area contributed by atoms with Gasteiger partial charge in [-0.05, 0) is 50.0 Å². The molecule has 2 aliphatic rings. The van der Waals surface area contributed by atoms with Gasteiger partial charge in [0.25, 0.3) is 5.56 Å². The number of amides is 1. The SMILES string of the molecule is C[C@@H]1CCCC[C@H]1NC(=O)CSc1nc2sc3c(c2c(=O)n1C)CCCC3. The van der Waals surface area contributed by atoms with Crippen molar-refractivity contribution in [1.29, 1.82) is 0 Å². The Kier molecular flexibility index (Phi) is 5.60. The summed E-state index contributed by atoms with van der Waals surface area (Å²) < 4.78 is 1.62. The molecule has 0 unspecified atom stereocenters. The summed E-state index contributed by atoms with van der Waals surface area (Å²) >= 11 is 3.03. The van der Waals surface area contributed by atoms with Crippen LogP contribution in [0.25, 0.3) is 10.2 Å². The highest BCUT2D eigenvalue weighted by molar-refractivity contribution is 7.99. The Morgan fingerprint density at radius 3 is 2.85 bits per heavy atom. The van der Waals surface area contributed by atoms with Gasteiger partial charge in [0, 0.05) is 18.0 Å². The minimum absolute atomic E-state index is 0.0308. The van der Waals surface area contributed by atoms with Gasteiger partial charge in [0.15, 0.2) is 5.16 Å². The standard InChI is InChI=1S/C20H27N3O2S2/c1-12-7-3-5-9-14(12)21-16(24)11-26-20-22-18-17(19(25)23(20)2)13-8-4-6-10-15(13)27-18/h12,14H,3-11H2,1-2H3,(H,21,24)/t12-,14-/m1/s1. The van der Waals surface area contributed by atoms with E-state index in [0.717, 1.165) is 35.9 Å². The number of nitrogens with zero attached hydrogens (tertiary/aromatic N) is 2. The van der Waals surface area contributed by atoms with E-state index >= 15 is 0 Å². The first kappa shape index (κ1) is 19.0. The van der Waals surface area contributed by atoms with Gasteiger partial charge in [0.05, 0.1) is 11.1 Å². The Hall–Kier alpha value is -1.34. The van der Waals surface area contributed by atoms with Crippen LogP contribution in [0.3, 0.4) is 0 Å². The van der Waals surface area contributed by atoms with Crippen molar-refractivity contribution < 1.29 is 4.79 Å². The zero-order valence-electron chi connectivity index (χ0n) is 16.0. The third-order valence-electron chi connectivity index (χ3n) is 5.95. The smallest absolute Gasteiger partial charge is 0.262 e. The van der Waals surface area contributed by atoms with Crippen LogP contribution in [0.15, 0.2) is 9.95 Å². The molecule has 5 nitrogen and oxygen atoms in total. The molecule has 1 N–H and O–H groups in total. The van der Waals surface area contributed by atoms with Crippen molar-refractivity contribution in [2.45, 2.75) is 69.5 Å². The monoisotopic (exact) mass is 405 g/mol. The average molecular weight is 406 g/mol. The molecule has 0 bridgehead atoms. The van der Waals surface area contributed by atoms with Gasteiger partial charge in [-0.2, -0.15) is 0 Å². The molecule has 7 heteroatoms. The van der Waals surface area contributed by atoms with E-state index in [1.165, 1.54) is 47.9 Å². The van der Waals surface area contributed by atoms with Crippen molar-refractivity contribution >= 4 is 39.2 Å². The van der Waals surface area contributed by atoms with Gasteiger partial charge < -0.3 is 5.32 Å². The first-order valence-corrected chi connectivity index (χ1v) is 11.8. The highest BCUT2D eigenvalue weighted by Crippen LogP contribution is 2.34. The molecule has 0 radical (unpaired) electrons. The van der Waals surface area contributed by atoms with Crippen LogP contribution in [-0.2, 0) is 24.7 Å². The van der Waals surface area contributed by atoms with Crippen LogP contribution in [0.2, 0.25) is 0 Å². The normalized spacial score (nSPS) is 22.6. The molecule has 1 fully saturated rings. The summed E-state index contributed by atoms with van der Waals surface area (Å²) in [5.74, 6) is 0.891. The van der Waals surface area contributed by atoms with Crippen LogP contribution in [0.5, 0.6) is 0 Å². The molecule has 0 aliphatic heterocycles. The van der Waals surface area contributed by atoms with Crippen LogP contribution in [0.1, 0.15) is 55.9 Å². The topological polar surface area (TPSA) is 64.0 Å². The highest BCUT2D eigenvalue weighted by atomic mass is 32.2. The molecule has 146 valence electrons. The Morgan fingerprint density at radius 1 is 1.26 bits per heavy atom. The predicted molar refractivity (Wildman–Crippen MR) is 112 cm³/mol. The zero-order valence-corrected chi connectivity index (χ0v) is 17.7. The van der Waals surface area contributed by atoms with E-state index in [1.807, 2.05) is 0 Å². The number of fused-ring (bicyclic) bond motifs is 3. The van der Waals surface area contributed by atoms with Crippen LogP contribution in [0.4, 0.5) is 0 Å². The summed E-state index contributed by atoms with van der Waals surface area (Å²) in [6.07, 6.45) is 9.11. The number of thiophene rings is 1. The maximum absolute atomic E-state index is 12.9. The number of nitrogens with one attached hydrogen (secondary N) is 1. The maximum atomic E-state index is 12.9. The molecule has 2 aromatic heterocycles. The molecular formula is C20H27N3O2S2. The van der Waals surface area contributed by atoms with Crippen molar-refractivity contribution in [2.24, 2.45) is 13.0 Å². The molecular weight excluding hydrogens is 378 g/mol. The second-order valence-corrected chi connectivity index (χ2v) is 9.90. The predicted octanol–water partition coefficient (Wildman–Crippen LogP) is 3.66. The van der Waals surface area contributed by atoms with E-state index in [-0.39, 0.29) is 17.5 Å². The lowest BCUT2D eigenvalue weighted by Gasteiger charge is -2.29. The van der Waals surface area contributed by atoms with Gasteiger partial charge in [-0.3, -0.25) is 14.2 Å². The number of rotatable bonds is 4. The Morgan fingerprint density at radius 2 is 2.04 bits per heavy atom. The molecule has 2 atom stereocenters. The summed E-state index contributed by atoms with van der Waals surface area (Å²) in [7, 11) is 1.77. The summed E-state index contributed by atoms with van der Waals surface area (Å²) in [6, 6.07) is 0.287. The van der Waals surface area contributed by atoms with E-state index in [2.05, 4.69) is 12.2 Å². The van der Waals surface area contributed by atoms with Crippen molar-refractivity contribution in [3.8, 4) is 0 Å². The van der Waals surface area contributed by atoms with Crippen molar-refractivity contribution in [2.75, 3.05) is 5.75 Å². The first-order chi connectivity index (χ1) is 13.0. The highest BCUT2D eigenvalue weighted by Gasteiger charge is 2.24. The Balaban J connectivity index is 1.50. The van der Waals surface area contributed by atoms with E-state index in [9.17, 15) is 9.59 Å². The number of aromatic nitrogens is 2. The Bertz CT molecular complexity index is 918. The van der Waals surface area contributed by atoms with E-state index < -0.39 is 0 Å². The van der Waals surface area contributed by atoms with Crippen molar-refractivity contribution in [3.63, 3.8) is 0 Å². The molecule has 1 saturated carbocycles. The lowest BCUT2D eigenvalue weighted by atomic mass is 9.86. The summed E-state index contributed by atoms with van der Waals surface area (Å²) in [4.78, 5) is 32.2. The fourth-order valence-corrected chi connectivity index (χ4v) is 6.39. The van der Waals surface area contributed by atoms with Gasteiger partial charge in [0.2, 0.25) is 5.91 Å². The second-order valence-electron chi connectivity index (χ2n) is 7.87. The van der Waals surface area contributed by atoms with E-state index in [4.69, 9.17) is 4.98 Å². The van der Waals surface area contributed by atoms with Gasteiger partial charge in [-0.25, -0.2) is 4.98 Å². The minimum Gasteiger partial charge on any atom is -0.352 e. The molecule has 0 aromatic carbocycles. The quantitative estimate of drug-likeness (QED) is 0.623. The molecule has 2 aromatic rings. The number of carbonyl (C=O) groups excluding carboxylic acids is 1. The second kappa shape index (κ2) is 7.95. The molecule has 4 rings (SSSR count). The van der Waals surface area contributed by atoms with Crippen LogP contribution in [0, 0.1) is 5.92 Å². The lowest BCUT2D eigenvalue weighted by molar-refractivity contribution is -0.119. The third kappa shape index (κ3) is 3.81. The van der Waals surface area contributed by atoms with E-state index in [1.54, 1.807) is 23.0 Å². The summed E-state index contributed by atoms with van der Waals surface area (Å²) in [5.41, 5.74) is 1.25. The fraction of sp³-hybridized carbons (Fsp3) is 0.650. The molecule has 2 heterocycles. The van der Waals surface area contributed by atoms with Gasteiger partial charge >= 0.3 is 0 Å².